The van der Waals surface area contributed by atoms with E-state index in [9.17, 15) is 14.7 Å². The van der Waals surface area contributed by atoms with E-state index in [2.05, 4.69) is 19.9 Å². The van der Waals surface area contributed by atoms with Gasteiger partial charge in [0.2, 0.25) is 0 Å². The number of fused-ring (bicyclic) bond motifs is 2. The molecule has 0 bridgehead atoms. The van der Waals surface area contributed by atoms with Gasteiger partial charge in [-0.15, -0.1) is 0 Å². The molecule has 0 saturated carbocycles. The van der Waals surface area contributed by atoms with Gasteiger partial charge in [-0.05, 0) is 50.5 Å². The molecule has 3 rings (SSSR count). The van der Waals surface area contributed by atoms with E-state index in [1.54, 1.807) is 19.1 Å². The third-order valence-corrected chi connectivity index (χ3v) is 5.44. The van der Waals surface area contributed by atoms with E-state index in [0.717, 1.165) is 12.0 Å². The van der Waals surface area contributed by atoms with Crippen molar-refractivity contribution in [3.8, 4) is 0 Å². The van der Waals surface area contributed by atoms with Gasteiger partial charge in [0.1, 0.15) is 17.4 Å². The average Bonchev–Trinajstić information content (AvgIpc) is 2.90. The minimum Gasteiger partial charge on any atom is -0.465 e. The highest BCUT2D eigenvalue weighted by Gasteiger charge is 2.53. The summed E-state index contributed by atoms with van der Waals surface area (Å²) in [6.45, 7) is 9.28. The van der Waals surface area contributed by atoms with Gasteiger partial charge in [0, 0.05) is 11.1 Å². The molecule has 0 unspecified atom stereocenters. The second kappa shape index (κ2) is 7.40. The predicted molar refractivity (Wildman–Crippen MR) is 106 cm³/mol. The highest BCUT2D eigenvalue weighted by molar-refractivity contribution is 6.19. The van der Waals surface area contributed by atoms with E-state index < -0.39 is 17.7 Å². The largest absolute Gasteiger partial charge is 0.465 e. The molecule has 0 aromatic carbocycles. The third-order valence-electron chi connectivity index (χ3n) is 5.44. The van der Waals surface area contributed by atoms with Gasteiger partial charge < -0.3 is 14.6 Å². The van der Waals surface area contributed by atoms with Crippen LogP contribution in [-0.4, -0.2) is 28.6 Å². The van der Waals surface area contributed by atoms with Crippen molar-refractivity contribution < 1.29 is 24.2 Å². The number of aliphatic hydroxyl groups excluding tert-OH is 1. The molecule has 2 heterocycles. The molecule has 3 atom stereocenters. The van der Waals surface area contributed by atoms with Crippen LogP contribution in [0.4, 0.5) is 0 Å². The molecule has 0 aromatic heterocycles. The molecule has 1 aliphatic carbocycles. The number of carbonyl (C=O) groups excluding carboxylic acids is 2. The molecule has 2 aliphatic heterocycles. The van der Waals surface area contributed by atoms with Crippen LogP contribution in [0.5, 0.6) is 0 Å². The highest BCUT2D eigenvalue weighted by atomic mass is 16.6. The Labute approximate surface area is 165 Å². The van der Waals surface area contributed by atoms with Crippen LogP contribution in [0.1, 0.15) is 41.0 Å². The Morgan fingerprint density at radius 3 is 2.71 bits per heavy atom. The Bertz CT molecular complexity index is 909. The van der Waals surface area contributed by atoms with E-state index in [1.807, 2.05) is 19.1 Å². The second-order valence-corrected chi connectivity index (χ2v) is 7.71. The first kappa shape index (κ1) is 20.1. The van der Waals surface area contributed by atoms with Crippen molar-refractivity contribution in [1.82, 2.24) is 0 Å². The zero-order chi connectivity index (χ0) is 20.6. The van der Waals surface area contributed by atoms with Gasteiger partial charge >= 0.3 is 5.97 Å². The Kier molecular flexibility index (Phi) is 5.31. The van der Waals surface area contributed by atoms with E-state index in [0.29, 0.717) is 28.4 Å². The number of hydrogen-bond acceptors (Lipinski definition) is 5. The lowest BCUT2D eigenvalue weighted by molar-refractivity contribution is -0.152. The summed E-state index contributed by atoms with van der Waals surface area (Å²) < 4.78 is 11.0. The van der Waals surface area contributed by atoms with Crippen molar-refractivity contribution >= 4 is 11.8 Å². The van der Waals surface area contributed by atoms with Gasteiger partial charge in [-0.2, -0.15) is 0 Å². The topological polar surface area (TPSA) is 72.8 Å². The molecule has 28 heavy (non-hydrogen) atoms. The van der Waals surface area contributed by atoms with Crippen molar-refractivity contribution in [2.75, 3.05) is 0 Å². The number of ketones is 1. The van der Waals surface area contributed by atoms with E-state index in [1.165, 1.54) is 13.2 Å². The molecule has 5 nitrogen and oxygen atoms in total. The summed E-state index contributed by atoms with van der Waals surface area (Å²) in [7, 11) is 0. The molecule has 3 aliphatic rings. The monoisotopic (exact) mass is 382 g/mol. The summed E-state index contributed by atoms with van der Waals surface area (Å²) in [5, 5.41) is 10.8. The fourth-order valence-electron chi connectivity index (χ4n) is 3.60. The number of hydrogen-bond donors (Lipinski definition) is 1. The van der Waals surface area contributed by atoms with Gasteiger partial charge in [0.15, 0.2) is 11.4 Å². The Morgan fingerprint density at radius 2 is 2.07 bits per heavy atom. The quantitative estimate of drug-likeness (QED) is 0.444. The zero-order valence-electron chi connectivity index (χ0n) is 16.9. The number of aliphatic hydroxyl groups is 1. The van der Waals surface area contributed by atoms with Crippen molar-refractivity contribution in [2.45, 2.75) is 52.7 Å². The van der Waals surface area contributed by atoms with Crippen molar-refractivity contribution in [3.63, 3.8) is 0 Å². The molecular formula is C23H26O5. The first-order valence-corrected chi connectivity index (χ1v) is 9.51. The molecular weight excluding hydrogens is 356 g/mol. The molecule has 0 saturated heterocycles. The maximum Gasteiger partial charge on any atom is 0.343 e. The van der Waals surface area contributed by atoms with Crippen molar-refractivity contribution in [1.29, 1.82) is 0 Å². The summed E-state index contributed by atoms with van der Waals surface area (Å²) in [4.78, 5) is 24.1. The summed E-state index contributed by atoms with van der Waals surface area (Å²) in [6, 6.07) is 0. The molecule has 148 valence electrons. The summed E-state index contributed by atoms with van der Waals surface area (Å²) in [5.74, 6) is 0.0409. The van der Waals surface area contributed by atoms with Crippen LogP contribution < -0.4 is 0 Å². The number of esters is 1. The maximum atomic E-state index is 12.2. The lowest BCUT2D eigenvalue weighted by Gasteiger charge is -2.37. The van der Waals surface area contributed by atoms with E-state index in [-0.39, 0.29) is 11.4 Å². The van der Waals surface area contributed by atoms with E-state index >= 15 is 0 Å². The lowest BCUT2D eigenvalue weighted by atomic mass is 9.76. The van der Waals surface area contributed by atoms with Gasteiger partial charge in [0.25, 0.3) is 0 Å². The smallest absolute Gasteiger partial charge is 0.343 e. The van der Waals surface area contributed by atoms with Crippen molar-refractivity contribution in [2.24, 2.45) is 5.92 Å². The molecule has 5 heteroatoms. The van der Waals surface area contributed by atoms with Gasteiger partial charge in [-0.3, -0.25) is 4.79 Å². The van der Waals surface area contributed by atoms with Crippen LogP contribution in [0.15, 0.2) is 70.3 Å². The van der Waals surface area contributed by atoms with Gasteiger partial charge in [0.05, 0.1) is 6.26 Å². The van der Waals surface area contributed by atoms with Crippen LogP contribution in [0, 0.1) is 5.92 Å². The standard InChI is InChI=1S/C23H26O5/c1-6-13(2)9-14(3)7-8-17-10-16-11-19-20(15(4)24)22(26)28-23(19,5)21(25)18(16)12-27-17/h7-13,21,25H,6H2,1-5H3/b8-7+,14-9+/t13-,21+,23+/m0/s1. The molecule has 0 fully saturated rings. The minimum absolute atomic E-state index is 0.00239. The summed E-state index contributed by atoms with van der Waals surface area (Å²) in [6.07, 6.45) is 11.0. The summed E-state index contributed by atoms with van der Waals surface area (Å²) >= 11 is 0. The number of rotatable bonds is 5. The molecule has 0 radical (unpaired) electrons. The average molecular weight is 382 g/mol. The minimum atomic E-state index is -1.28. The lowest BCUT2D eigenvalue weighted by Crippen LogP contribution is -2.45. The van der Waals surface area contributed by atoms with E-state index in [4.69, 9.17) is 9.47 Å². The fourth-order valence-corrected chi connectivity index (χ4v) is 3.60. The maximum absolute atomic E-state index is 12.2. The fraction of sp³-hybridized carbons (Fsp3) is 0.391. The Balaban J connectivity index is 1.97. The van der Waals surface area contributed by atoms with Crippen LogP contribution >= 0.6 is 0 Å². The van der Waals surface area contributed by atoms with Crippen LogP contribution in [0.25, 0.3) is 0 Å². The third kappa shape index (κ3) is 3.42. The first-order chi connectivity index (χ1) is 13.2. The molecule has 0 spiro atoms. The first-order valence-electron chi connectivity index (χ1n) is 9.51. The normalized spacial score (nSPS) is 28.1. The Morgan fingerprint density at radius 1 is 1.36 bits per heavy atom. The number of allylic oxidation sites excluding steroid dienone is 5. The summed E-state index contributed by atoms with van der Waals surface area (Å²) in [5.41, 5.74) is 1.49. The predicted octanol–water partition coefficient (Wildman–Crippen LogP) is 3.84. The molecule has 0 amide bonds. The SMILES string of the molecule is CC[C@H](C)/C=C(C)/C=C/C1=CC2=CC3=C(C(C)=O)C(=O)O[C@@]3(C)[C@H](O)C2=CO1. The Hall–Kier alpha value is -2.66. The molecule has 0 aromatic rings. The van der Waals surface area contributed by atoms with Gasteiger partial charge in [-0.1, -0.05) is 38.0 Å². The van der Waals surface area contributed by atoms with Crippen molar-refractivity contribution in [3.05, 3.63) is 70.3 Å². The number of Topliss-reactive ketones (excluding diaryl/α,β-unsaturated/α-hetero) is 1. The highest BCUT2D eigenvalue weighted by Crippen LogP contribution is 2.46. The number of carbonyl (C=O) groups is 2. The number of ether oxygens (including phenoxy) is 2. The van der Waals surface area contributed by atoms with Gasteiger partial charge in [-0.25, -0.2) is 4.79 Å². The van der Waals surface area contributed by atoms with Crippen LogP contribution in [0.2, 0.25) is 0 Å². The van der Waals surface area contributed by atoms with Crippen LogP contribution in [0.3, 0.4) is 0 Å². The van der Waals surface area contributed by atoms with Crippen LogP contribution in [-0.2, 0) is 19.1 Å². The molecule has 1 N–H and O–H groups in total. The second-order valence-electron chi connectivity index (χ2n) is 7.71. The zero-order valence-corrected chi connectivity index (χ0v) is 16.9.